The number of hydrogen-bond donors (Lipinski definition) is 1. The van der Waals surface area contributed by atoms with Gasteiger partial charge in [0, 0.05) is 10.6 Å². The molecule has 4 heteroatoms. The normalized spacial score (nSPS) is 10.2. The van der Waals surface area contributed by atoms with Crippen molar-refractivity contribution in [2.75, 3.05) is 6.61 Å². The first kappa shape index (κ1) is 15.6. The zero-order valence-electron chi connectivity index (χ0n) is 10.9. The van der Waals surface area contributed by atoms with Crippen LogP contribution in [0.25, 0.3) is 0 Å². The summed E-state index contributed by atoms with van der Waals surface area (Å²) in [6, 6.07) is 7.29. The largest absolute Gasteiger partial charge is 0.494 e. The van der Waals surface area contributed by atoms with Crippen molar-refractivity contribution in [2.24, 2.45) is 0 Å². The van der Waals surface area contributed by atoms with Crippen LogP contribution in [-0.4, -0.2) is 17.7 Å². The fraction of sp³-hybridized carbons (Fsp3) is 0.400. The molecule has 3 nitrogen and oxygen atoms in total. The number of benzene rings is 1. The Kier molecular flexibility index (Phi) is 7.04. The number of aliphatic carboxylic acids is 1. The highest BCUT2D eigenvalue weighted by atomic mass is 35.5. The summed E-state index contributed by atoms with van der Waals surface area (Å²) in [6.07, 6.45) is 4.42. The Labute approximate surface area is 118 Å². The average Bonchev–Trinajstić information content (AvgIpc) is 2.39. The smallest absolute Gasteiger partial charge is 0.330 e. The third-order valence-electron chi connectivity index (χ3n) is 2.76. The van der Waals surface area contributed by atoms with Crippen molar-refractivity contribution in [2.45, 2.75) is 32.1 Å². The lowest BCUT2D eigenvalue weighted by Gasteiger charge is -2.06. The summed E-state index contributed by atoms with van der Waals surface area (Å²) in [7, 11) is 0. The van der Waals surface area contributed by atoms with Crippen LogP contribution in [0.1, 0.15) is 32.1 Å². The van der Waals surface area contributed by atoms with Gasteiger partial charge in [-0.25, -0.2) is 4.79 Å². The van der Waals surface area contributed by atoms with E-state index in [-0.39, 0.29) is 5.57 Å². The van der Waals surface area contributed by atoms with Crippen molar-refractivity contribution < 1.29 is 14.6 Å². The molecular formula is C15H19ClO3. The molecular weight excluding hydrogens is 264 g/mol. The molecule has 104 valence electrons. The minimum Gasteiger partial charge on any atom is -0.494 e. The van der Waals surface area contributed by atoms with E-state index >= 15 is 0 Å². The summed E-state index contributed by atoms with van der Waals surface area (Å²) >= 11 is 5.77. The van der Waals surface area contributed by atoms with Crippen LogP contribution in [0.5, 0.6) is 5.75 Å². The van der Waals surface area contributed by atoms with Gasteiger partial charge in [-0.1, -0.05) is 31.0 Å². The van der Waals surface area contributed by atoms with Gasteiger partial charge in [0.15, 0.2) is 0 Å². The van der Waals surface area contributed by atoms with Crippen LogP contribution >= 0.6 is 11.6 Å². The lowest BCUT2D eigenvalue weighted by atomic mass is 10.1. The van der Waals surface area contributed by atoms with Gasteiger partial charge in [0.1, 0.15) is 5.75 Å². The van der Waals surface area contributed by atoms with Crippen LogP contribution < -0.4 is 4.74 Å². The standard InChI is InChI=1S/C15H19ClO3/c1-12(15(17)18)6-4-2-3-5-11-19-14-9-7-13(16)8-10-14/h7-10H,1-6,11H2,(H,17,18). The van der Waals surface area contributed by atoms with Gasteiger partial charge in [-0.2, -0.15) is 0 Å². The predicted molar refractivity (Wildman–Crippen MR) is 76.8 cm³/mol. The third kappa shape index (κ3) is 6.87. The molecule has 0 fully saturated rings. The van der Waals surface area contributed by atoms with Crippen LogP contribution in [0.4, 0.5) is 0 Å². The maximum absolute atomic E-state index is 10.5. The Morgan fingerprint density at radius 2 is 1.79 bits per heavy atom. The second kappa shape index (κ2) is 8.59. The molecule has 0 atom stereocenters. The number of ether oxygens (including phenoxy) is 1. The fourth-order valence-electron chi connectivity index (χ4n) is 1.62. The molecule has 0 spiro atoms. The first-order chi connectivity index (χ1) is 9.09. The topological polar surface area (TPSA) is 46.5 Å². The summed E-state index contributed by atoms with van der Waals surface area (Å²) in [5, 5.41) is 9.34. The van der Waals surface area contributed by atoms with E-state index in [1.165, 1.54) is 0 Å². The highest BCUT2D eigenvalue weighted by Gasteiger charge is 2.02. The summed E-state index contributed by atoms with van der Waals surface area (Å²) in [5.41, 5.74) is 0.289. The number of carboxylic acids is 1. The lowest BCUT2D eigenvalue weighted by Crippen LogP contribution is -1.99. The zero-order chi connectivity index (χ0) is 14.1. The molecule has 1 rings (SSSR count). The van der Waals surface area contributed by atoms with E-state index in [1.54, 1.807) is 12.1 Å². The number of hydrogen-bond acceptors (Lipinski definition) is 2. The summed E-state index contributed by atoms with van der Waals surface area (Å²) in [4.78, 5) is 10.5. The molecule has 1 aromatic carbocycles. The molecule has 1 aromatic rings. The van der Waals surface area contributed by atoms with E-state index in [0.29, 0.717) is 18.1 Å². The van der Waals surface area contributed by atoms with Gasteiger partial charge in [0.05, 0.1) is 6.61 Å². The minimum atomic E-state index is -0.897. The number of carboxylic acid groups (broad SMARTS) is 1. The van der Waals surface area contributed by atoms with Crippen molar-refractivity contribution in [1.82, 2.24) is 0 Å². The first-order valence-electron chi connectivity index (χ1n) is 6.39. The molecule has 0 amide bonds. The van der Waals surface area contributed by atoms with Gasteiger partial charge in [-0.3, -0.25) is 0 Å². The van der Waals surface area contributed by atoms with Crippen LogP contribution in [0.15, 0.2) is 36.4 Å². The molecule has 1 N–H and O–H groups in total. The van der Waals surface area contributed by atoms with E-state index in [4.69, 9.17) is 21.4 Å². The molecule has 0 heterocycles. The van der Waals surface area contributed by atoms with E-state index in [0.717, 1.165) is 31.4 Å². The Balaban J connectivity index is 2.01. The average molecular weight is 283 g/mol. The molecule has 0 aliphatic carbocycles. The maximum Gasteiger partial charge on any atom is 0.330 e. The molecule has 0 saturated carbocycles. The highest BCUT2D eigenvalue weighted by Crippen LogP contribution is 2.16. The number of unbranched alkanes of at least 4 members (excludes halogenated alkanes) is 3. The van der Waals surface area contributed by atoms with E-state index in [9.17, 15) is 4.79 Å². The van der Waals surface area contributed by atoms with Gasteiger partial charge < -0.3 is 9.84 Å². The van der Waals surface area contributed by atoms with Gasteiger partial charge in [-0.05, 0) is 43.5 Å². The third-order valence-corrected chi connectivity index (χ3v) is 3.01. The second-order valence-corrected chi connectivity index (χ2v) is 4.81. The Bertz CT molecular complexity index is 412. The predicted octanol–water partition coefficient (Wildman–Crippen LogP) is 4.31. The van der Waals surface area contributed by atoms with Gasteiger partial charge >= 0.3 is 5.97 Å². The van der Waals surface area contributed by atoms with Crippen LogP contribution in [0, 0.1) is 0 Å². The van der Waals surface area contributed by atoms with Crippen LogP contribution in [0.3, 0.4) is 0 Å². The highest BCUT2D eigenvalue weighted by molar-refractivity contribution is 6.30. The van der Waals surface area contributed by atoms with Gasteiger partial charge in [0.25, 0.3) is 0 Å². The summed E-state index contributed by atoms with van der Waals surface area (Å²) < 4.78 is 5.56. The van der Waals surface area contributed by atoms with Gasteiger partial charge in [-0.15, -0.1) is 0 Å². The summed E-state index contributed by atoms with van der Waals surface area (Å²) in [6.45, 7) is 4.17. The minimum absolute atomic E-state index is 0.289. The first-order valence-corrected chi connectivity index (χ1v) is 6.77. The lowest BCUT2D eigenvalue weighted by molar-refractivity contribution is -0.132. The monoisotopic (exact) mass is 282 g/mol. The van der Waals surface area contributed by atoms with Crippen LogP contribution in [-0.2, 0) is 4.79 Å². The maximum atomic E-state index is 10.5. The fourth-order valence-corrected chi connectivity index (χ4v) is 1.75. The van der Waals surface area contributed by atoms with E-state index in [2.05, 4.69) is 6.58 Å². The number of rotatable bonds is 9. The summed E-state index contributed by atoms with van der Waals surface area (Å²) in [5.74, 6) is -0.0743. The Morgan fingerprint density at radius 3 is 2.42 bits per heavy atom. The molecule has 0 saturated heterocycles. The Hall–Kier alpha value is -1.48. The molecule has 0 aromatic heterocycles. The van der Waals surface area contributed by atoms with E-state index < -0.39 is 5.97 Å². The quantitative estimate of drug-likeness (QED) is 0.542. The van der Waals surface area contributed by atoms with Crippen molar-refractivity contribution in [3.05, 3.63) is 41.4 Å². The van der Waals surface area contributed by atoms with Crippen LogP contribution in [0.2, 0.25) is 5.02 Å². The van der Waals surface area contributed by atoms with Crippen molar-refractivity contribution in [1.29, 1.82) is 0 Å². The SMILES string of the molecule is C=C(CCCCCCOc1ccc(Cl)cc1)C(=O)O. The molecule has 0 unspecified atom stereocenters. The van der Waals surface area contributed by atoms with Crippen molar-refractivity contribution >= 4 is 17.6 Å². The van der Waals surface area contributed by atoms with Gasteiger partial charge in [0.2, 0.25) is 0 Å². The molecule has 0 aliphatic heterocycles. The molecule has 0 radical (unpaired) electrons. The number of carbonyl (C=O) groups is 1. The number of halogens is 1. The molecule has 0 bridgehead atoms. The zero-order valence-corrected chi connectivity index (χ0v) is 11.7. The van der Waals surface area contributed by atoms with Crippen molar-refractivity contribution in [3.63, 3.8) is 0 Å². The molecule has 0 aliphatic rings. The second-order valence-electron chi connectivity index (χ2n) is 4.38. The van der Waals surface area contributed by atoms with Crippen molar-refractivity contribution in [3.8, 4) is 5.75 Å². The Morgan fingerprint density at radius 1 is 1.16 bits per heavy atom. The van der Waals surface area contributed by atoms with E-state index in [1.807, 2.05) is 12.1 Å². The molecule has 19 heavy (non-hydrogen) atoms.